The first-order valence-corrected chi connectivity index (χ1v) is 11.5. The zero-order valence-corrected chi connectivity index (χ0v) is 20.5. The molecule has 0 bridgehead atoms. The summed E-state index contributed by atoms with van der Waals surface area (Å²) >= 11 is 7.63. The molecule has 0 fully saturated rings. The summed E-state index contributed by atoms with van der Waals surface area (Å²) in [5.74, 6) is 0.960. The fourth-order valence-electron chi connectivity index (χ4n) is 3.00. The standard InChI is InChI=1S/C23H30ClN3O3S/c1-7-27-20(19(24)15(3)26-27)21(29-14-30-22(28)31-8-2)18(13-25)16-9-11-17(12-10-16)23(4,5)6/h9-13,25H,7-8,14H2,1-6H3/b21-18-,25-13?. The topological polar surface area (TPSA) is 77.2 Å². The molecule has 0 aliphatic rings. The number of halogens is 1. The molecule has 1 aromatic heterocycles. The van der Waals surface area contributed by atoms with Gasteiger partial charge in [-0.15, -0.1) is 0 Å². The molecule has 1 N–H and O–H groups in total. The van der Waals surface area contributed by atoms with Gasteiger partial charge in [-0.1, -0.05) is 63.6 Å². The lowest BCUT2D eigenvalue weighted by atomic mass is 9.86. The molecule has 2 rings (SSSR count). The largest absolute Gasteiger partial charge is 0.454 e. The molecule has 0 saturated carbocycles. The highest BCUT2D eigenvalue weighted by Crippen LogP contribution is 2.34. The summed E-state index contributed by atoms with van der Waals surface area (Å²) in [6.45, 7) is 12.4. The number of ether oxygens (including phenoxy) is 2. The highest BCUT2D eigenvalue weighted by Gasteiger charge is 2.23. The van der Waals surface area contributed by atoms with Crippen molar-refractivity contribution in [3.63, 3.8) is 0 Å². The fraction of sp³-hybridized carbons (Fsp3) is 0.435. The molecule has 31 heavy (non-hydrogen) atoms. The Balaban J connectivity index is 2.56. The highest BCUT2D eigenvalue weighted by atomic mass is 35.5. The summed E-state index contributed by atoms with van der Waals surface area (Å²) in [7, 11) is 0. The van der Waals surface area contributed by atoms with E-state index >= 15 is 0 Å². The Morgan fingerprint density at radius 3 is 2.39 bits per heavy atom. The number of aryl methyl sites for hydroxylation is 2. The number of allylic oxidation sites excluding steroid dienone is 1. The van der Waals surface area contributed by atoms with Crippen molar-refractivity contribution in [3.05, 3.63) is 51.8 Å². The molecule has 2 aromatic rings. The van der Waals surface area contributed by atoms with Crippen LogP contribution in [0.5, 0.6) is 0 Å². The molecule has 0 saturated heterocycles. The van der Waals surface area contributed by atoms with Gasteiger partial charge in [0.25, 0.3) is 0 Å². The zero-order valence-electron chi connectivity index (χ0n) is 18.9. The number of carbonyl (C=O) groups is 1. The van der Waals surface area contributed by atoms with Crippen molar-refractivity contribution < 1.29 is 14.3 Å². The monoisotopic (exact) mass is 463 g/mol. The number of thioether (sulfide) groups is 1. The average Bonchev–Trinajstić information content (AvgIpc) is 3.01. The minimum absolute atomic E-state index is 0.0127. The van der Waals surface area contributed by atoms with E-state index < -0.39 is 5.30 Å². The molecule has 0 radical (unpaired) electrons. The van der Waals surface area contributed by atoms with Crippen LogP contribution in [-0.4, -0.2) is 33.8 Å². The predicted molar refractivity (Wildman–Crippen MR) is 129 cm³/mol. The van der Waals surface area contributed by atoms with Gasteiger partial charge in [0.2, 0.25) is 6.79 Å². The summed E-state index contributed by atoms with van der Waals surface area (Å²) < 4.78 is 12.8. The van der Waals surface area contributed by atoms with Gasteiger partial charge in [0, 0.05) is 24.1 Å². The zero-order chi connectivity index (χ0) is 23.2. The van der Waals surface area contributed by atoms with Gasteiger partial charge >= 0.3 is 5.30 Å². The smallest absolute Gasteiger partial charge is 0.370 e. The first-order chi connectivity index (χ1) is 14.6. The van der Waals surface area contributed by atoms with Gasteiger partial charge in [0.15, 0.2) is 5.76 Å². The quantitative estimate of drug-likeness (QED) is 0.208. The molecule has 0 unspecified atom stereocenters. The second kappa shape index (κ2) is 10.9. The molecule has 0 spiro atoms. The number of nitrogens with zero attached hydrogens (tertiary/aromatic N) is 2. The number of hydrogen-bond donors (Lipinski definition) is 1. The van der Waals surface area contributed by atoms with Gasteiger partial charge in [-0.25, -0.2) is 4.79 Å². The SMILES string of the molecule is CCSC(=O)OCO/C(=C(/C=N)c1ccc(C(C)(C)C)cc1)c1c(Cl)c(C)nn1CC. The Morgan fingerprint density at radius 1 is 1.23 bits per heavy atom. The lowest BCUT2D eigenvalue weighted by Gasteiger charge is -2.20. The molecular weight excluding hydrogens is 434 g/mol. The van der Waals surface area contributed by atoms with Gasteiger partial charge in [0.1, 0.15) is 5.69 Å². The summed E-state index contributed by atoms with van der Waals surface area (Å²) in [5, 5.41) is 12.6. The predicted octanol–water partition coefficient (Wildman–Crippen LogP) is 6.54. The average molecular weight is 464 g/mol. The third kappa shape index (κ3) is 6.14. The van der Waals surface area contributed by atoms with E-state index in [0.717, 1.165) is 17.3 Å². The maximum absolute atomic E-state index is 11.8. The summed E-state index contributed by atoms with van der Waals surface area (Å²) in [6.07, 6.45) is 1.22. The number of nitrogens with one attached hydrogen (secondary N) is 1. The van der Waals surface area contributed by atoms with Crippen molar-refractivity contribution in [2.45, 2.75) is 53.5 Å². The van der Waals surface area contributed by atoms with Gasteiger partial charge in [0.05, 0.1) is 10.7 Å². The number of benzene rings is 1. The third-order valence-electron chi connectivity index (χ3n) is 4.66. The van der Waals surface area contributed by atoms with E-state index in [1.807, 2.05) is 45.0 Å². The van der Waals surface area contributed by atoms with Crippen molar-refractivity contribution in [1.29, 1.82) is 5.41 Å². The van der Waals surface area contributed by atoms with Gasteiger partial charge < -0.3 is 14.9 Å². The molecule has 6 nitrogen and oxygen atoms in total. The van der Waals surface area contributed by atoms with E-state index in [0.29, 0.717) is 40.0 Å². The molecule has 0 aliphatic carbocycles. The summed E-state index contributed by atoms with van der Waals surface area (Å²) in [4.78, 5) is 11.8. The number of aromatic nitrogens is 2. The van der Waals surface area contributed by atoms with Crippen molar-refractivity contribution in [2.75, 3.05) is 12.5 Å². The molecule has 0 atom stereocenters. The van der Waals surface area contributed by atoms with Gasteiger partial charge in [-0.3, -0.25) is 4.68 Å². The molecule has 1 heterocycles. The van der Waals surface area contributed by atoms with E-state index in [1.54, 1.807) is 4.68 Å². The van der Waals surface area contributed by atoms with Gasteiger partial charge in [-0.05, 0) is 42.2 Å². The van der Waals surface area contributed by atoms with E-state index in [2.05, 4.69) is 25.9 Å². The van der Waals surface area contributed by atoms with Crippen LogP contribution in [0.2, 0.25) is 5.02 Å². The van der Waals surface area contributed by atoms with Crippen LogP contribution in [-0.2, 0) is 21.4 Å². The van der Waals surface area contributed by atoms with Crippen molar-refractivity contribution in [3.8, 4) is 0 Å². The van der Waals surface area contributed by atoms with Crippen LogP contribution in [0.15, 0.2) is 24.3 Å². The van der Waals surface area contributed by atoms with Crippen LogP contribution in [0.4, 0.5) is 4.79 Å². The van der Waals surface area contributed by atoms with Crippen LogP contribution >= 0.6 is 23.4 Å². The Bertz CT molecular complexity index is 960. The Morgan fingerprint density at radius 2 is 1.87 bits per heavy atom. The first kappa shape index (κ1) is 25.0. The molecular formula is C23H30ClN3O3S. The second-order valence-electron chi connectivity index (χ2n) is 7.87. The van der Waals surface area contributed by atoms with Crippen LogP contribution in [0.25, 0.3) is 11.3 Å². The molecule has 8 heteroatoms. The highest BCUT2D eigenvalue weighted by molar-refractivity contribution is 8.13. The van der Waals surface area contributed by atoms with E-state index in [1.165, 1.54) is 11.8 Å². The second-order valence-corrected chi connectivity index (χ2v) is 9.45. The fourth-order valence-corrected chi connectivity index (χ4v) is 3.59. The Labute approximate surface area is 193 Å². The minimum atomic E-state index is -0.418. The molecule has 0 amide bonds. The number of rotatable bonds is 8. The lowest BCUT2D eigenvalue weighted by molar-refractivity contribution is 0.0588. The van der Waals surface area contributed by atoms with Gasteiger partial charge in [-0.2, -0.15) is 5.10 Å². The van der Waals surface area contributed by atoms with Crippen molar-refractivity contribution in [1.82, 2.24) is 9.78 Å². The van der Waals surface area contributed by atoms with Crippen LogP contribution < -0.4 is 0 Å². The van der Waals surface area contributed by atoms with Crippen LogP contribution in [0, 0.1) is 12.3 Å². The summed E-state index contributed by atoms with van der Waals surface area (Å²) in [6, 6.07) is 7.99. The maximum Gasteiger partial charge on any atom is 0.370 e. The maximum atomic E-state index is 11.8. The summed E-state index contributed by atoms with van der Waals surface area (Å²) in [5.41, 5.74) is 3.73. The Hall–Kier alpha value is -2.25. The normalized spacial score (nSPS) is 12.4. The molecule has 168 valence electrons. The van der Waals surface area contributed by atoms with Crippen molar-refractivity contribution >= 4 is 46.2 Å². The first-order valence-electron chi connectivity index (χ1n) is 10.1. The minimum Gasteiger partial charge on any atom is -0.454 e. The van der Waals surface area contributed by atoms with E-state index in [4.69, 9.17) is 26.5 Å². The van der Waals surface area contributed by atoms with Crippen LogP contribution in [0.1, 0.15) is 57.1 Å². The number of carbonyl (C=O) groups excluding carboxylic acids is 1. The molecule has 1 aromatic carbocycles. The third-order valence-corrected chi connectivity index (χ3v) is 5.76. The van der Waals surface area contributed by atoms with E-state index in [9.17, 15) is 4.79 Å². The molecule has 0 aliphatic heterocycles. The van der Waals surface area contributed by atoms with Crippen molar-refractivity contribution in [2.24, 2.45) is 0 Å². The Kier molecular flexibility index (Phi) is 8.77. The number of hydrogen-bond acceptors (Lipinski definition) is 6. The lowest BCUT2D eigenvalue weighted by Crippen LogP contribution is -2.11. The van der Waals surface area contributed by atoms with E-state index in [-0.39, 0.29) is 12.2 Å². The van der Waals surface area contributed by atoms with Crippen LogP contribution in [0.3, 0.4) is 0 Å².